The Morgan fingerprint density at radius 1 is 1.26 bits per heavy atom. The number of phenols is 1. The highest BCUT2D eigenvalue weighted by molar-refractivity contribution is 5.93. The van der Waals surface area contributed by atoms with E-state index in [-0.39, 0.29) is 23.6 Å². The molecule has 116 valence electrons. The molecule has 0 fully saturated rings. The number of carbonyl (C=O) groups is 1. The van der Waals surface area contributed by atoms with Crippen molar-refractivity contribution < 1.29 is 9.90 Å². The first-order valence-corrected chi connectivity index (χ1v) is 7.09. The van der Waals surface area contributed by atoms with E-state index in [1.165, 1.54) is 10.9 Å². The Morgan fingerprint density at radius 2 is 2.04 bits per heavy atom. The van der Waals surface area contributed by atoms with E-state index in [9.17, 15) is 14.7 Å². The molecule has 0 aliphatic carbocycles. The van der Waals surface area contributed by atoms with Crippen molar-refractivity contribution in [2.45, 2.75) is 13.5 Å². The first kappa shape index (κ1) is 14.8. The number of hydrogen-bond donors (Lipinski definition) is 2. The molecule has 3 rings (SSSR count). The molecule has 0 bridgehead atoms. The number of aromatic hydroxyl groups is 1. The average Bonchev–Trinajstić information content (AvgIpc) is 2.53. The van der Waals surface area contributed by atoms with Crippen molar-refractivity contribution in [2.24, 2.45) is 0 Å². The van der Waals surface area contributed by atoms with Gasteiger partial charge in [0.25, 0.3) is 0 Å². The molecule has 3 aromatic rings. The highest BCUT2D eigenvalue weighted by Gasteiger charge is 2.10. The third-order valence-electron chi connectivity index (χ3n) is 3.48. The molecule has 1 aromatic heterocycles. The van der Waals surface area contributed by atoms with Crippen molar-refractivity contribution in [3.63, 3.8) is 0 Å². The SMILES string of the molecule is Cc1ccc(NC(=O)Cn2ncc(=O)c3ccccc32)c(O)c1. The zero-order valence-corrected chi connectivity index (χ0v) is 12.5. The van der Waals surface area contributed by atoms with Gasteiger partial charge in [-0.1, -0.05) is 18.2 Å². The highest BCUT2D eigenvalue weighted by atomic mass is 16.3. The lowest BCUT2D eigenvalue weighted by Crippen LogP contribution is -2.22. The number of nitrogens with one attached hydrogen (secondary N) is 1. The normalized spacial score (nSPS) is 10.7. The third-order valence-corrected chi connectivity index (χ3v) is 3.48. The molecule has 6 nitrogen and oxygen atoms in total. The molecule has 0 saturated carbocycles. The summed E-state index contributed by atoms with van der Waals surface area (Å²) in [6.07, 6.45) is 1.19. The zero-order valence-electron chi connectivity index (χ0n) is 12.5. The van der Waals surface area contributed by atoms with Gasteiger partial charge >= 0.3 is 0 Å². The van der Waals surface area contributed by atoms with Gasteiger partial charge in [0.15, 0.2) is 0 Å². The Bertz CT molecular complexity index is 947. The molecule has 1 heterocycles. The number of nitrogens with zero attached hydrogens (tertiary/aromatic N) is 2. The highest BCUT2D eigenvalue weighted by Crippen LogP contribution is 2.23. The standard InChI is InChI=1S/C17H15N3O3/c1-11-6-7-13(15(21)8-11)19-17(23)10-20-14-5-3-2-4-12(14)16(22)9-18-20/h2-9,21H,10H2,1H3,(H,19,23). The van der Waals surface area contributed by atoms with E-state index in [0.29, 0.717) is 16.6 Å². The van der Waals surface area contributed by atoms with E-state index >= 15 is 0 Å². The van der Waals surface area contributed by atoms with E-state index in [0.717, 1.165) is 5.56 Å². The summed E-state index contributed by atoms with van der Waals surface area (Å²) in [4.78, 5) is 24.0. The van der Waals surface area contributed by atoms with Crippen LogP contribution in [0.4, 0.5) is 5.69 Å². The summed E-state index contributed by atoms with van der Waals surface area (Å²) < 4.78 is 1.46. The Kier molecular flexibility index (Phi) is 3.80. The van der Waals surface area contributed by atoms with Crippen LogP contribution in [-0.4, -0.2) is 20.8 Å². The number of aromatic nitrogens is 2. The predicted molar refractivity (Wildman–Crippen MR) is 87.5 cm³/mol. The Labute approximate surface area is 132 Å². The van der Waals surface area contributed by atoms with Crippen molar-refractivity contribution in [3.05, 3.63) is 64.4 Å². The van der Waals surface area contributed by atoms with Crippen LogP contribution in [0.3, 0.4) is 0 Å². The molecule has 2 N–H and O–H groups in total. The zero-order chi connectivity index (χ0) is 16.4. The summed E-state index contributed by atoms with van der Waals surface area (Å²) in [5.41, 5.74) is 1.64. The number of hydrogen-bond acceptors (Lipinski definition) is 4. The van der Waals surface area contributed by atoms with Gasteiger partial charge in [0.1, 0.15) is 12.3 Å². The molecule has 0 atom stereocenters. The third kappa shape index (κ3) is 3.06. The van der Waals surface area contributed by atoms with Crippen molar-refractivity contribution in [1.82, 2.24) is 9.78 Å². The number of phenolic OH excluding ortho intramolecular Hbond substituents is 1. The lowest BCUT2D eigenvalue weighted by molar-refractivity contribution is -0.116. The predicted octanol–water partition coefficient (Wildman–Crippen LogP) is 2.05. The van der Waals surface area contributed by atoms with Crippen molar-refractivity contribution in [1.29, 1.82) is 0 Å². The number of rotatable bonds is 3. The van der Waals surface area contributed by atoms with Crippen LogP contribution in [0.2, 0.25) is 0 Å². The van der Waals surface area contributed by atoms with E-state index in [4.69, 9.17) is 0 Å². The van der Waals surface area contributed by atoms with E-state index in [2.05, 4.69) is 10.4 Å². The van der Waals surface area contributed by atoms with Gasteiger partial charge in [-0.25, -0.2) is 0 Å². The van der Waals surface area contributed by atoms with Crippen molar-refractivity contribution in [2.75, 3.05) is 5.32 Å². The van der Waals surface area contributed by atoms with Gasteiger partial charge in [-0.05, 0) is 36.8 Å². The molecular weight excluding hydrogens is 294 g/mol. The van der Waals surface area contributed by atoms with Gasteiger partial charge in [-0.3, -0.25) is 14.3 Å². The first-order chi connectivity index (χ1) is 11.0. The molecule has 0 aliphatic rings. The molecule has 1 amide bonds. The molecule has 0 radical (unpaired) electrons. The first-order valence-electron chi connectivity index (χ1n) is 7.09. The minimum atomic E-state index is -0.342. The van der Waals surface area contributed by atoms with Gasteiger partial charge < -0.3 is 10.4 Å². The second kappa shape index (κ2) is 5.92. The number of para-hydroxylation sites is 1. The minimum absolute atomic E-state index is 0.0103. The van der Waals surface area contributed by atoms with E-state index in [1.807, 2.05) is 6.92 Å². The second-order valence-corrected chi connectivity index (χ2v) is 5.25. The summed E-state index contributed by atoms with van der Waals surface area (Å²) in [6, 6.07) is 12.0. The quantitative estimate of drug-likeness (QED) is 0.725. The fourth-order valence-electron chi connectivity index (χ4n) is 2.36. The molecule has 0 unspecified atom stereocenters. The van der Waals surface area contributed by atoms with Gasteiger partial charge in [0.05, 0.1) is 17.4 Å². The lowest BCUT2D eigenvalue weighted by atomic mass is 10.2. The molecule has 0 saturated heterocycles. The summed E-state index contributed by atoms with van der Waals surface area (Å²) >= 11 is 0. The minimum Gasteiger partial charge on any atom is -0.506 e. The van der Waals surface area contributed by atoms with Crippen LogP contribution < -0.4 is 10.7 Å². The Hall–Kier alpha value is -3.15. The van der Waals surface area contributed by atoms with Crippen LogP contribution in [0.5, 0.6) is 5.75 Å². The van der Waals surface area contributed by atoms with Crippen molar-refractivity contribution >= 4 is 22.5 Å². The van der Waals surface area contributed by atoms with Crippen LogP contribution in [-0.2, 0) is 11.3 Å². The van der Waals surface area contributed by atoms with Crippen LogP contribution in [0, 0.1) is 6.92 Å². The fraction of sp³-hybridized carbons (Fsp3) is 0.118. The van der Waals surface area contributed by atoms with Crippen molar-refractivity contribution in [3.8, 4) is 5.75 Å². The van der Waals surface area contributed by atoms with E-state index in [1.54, 1.807) is 42.5 Å². The van der Waals surface area contributed by atoms with Gasteiger partial charge in [0.2, 0.25) is 11.3 Å². The summed E-state index contributed by atoms with van der Waals surface area (Å²) in [5.74, 6) is -0.332. The van der Waals surface area contributed by atoms with Gasteiger partial charge in [-0.2, -0.15) is 5.10 Å². The monoisotopic (exact) mass is 309 g/mol. The summed E-state index contributed by atoms with van der Waals surface area (Å²) in [7, 11) is 0. The van der Waals surface area contributed by atoms with Crippen LogP contribution in [0.15, 0.2) is 53.5 Å². The molecule has 6 heteroatoms. The van der Waals surface area contributed by atoms with Crippen LogP contribution in [0.1, 0.15) is 5.56 Å². The Balaban J connectivity index is 1.86. The number of carbonyl (C=O) groups excluding carboxylic acids is 1. The maximum absolute atomic E-state index is 12.2. The molecule has 2 aromatic carbocycles. The van der Waals surface area contributed by atoms with Crippen LogP contribution in [0.25, 0.3) is 10.9 Å². The molecule has 0 aliphatic heterocycles. The molecule has 0 spiro atoms. The van der Waals surface area contributed by atoms with Gasteiger partial charge in [0, 0.05) is 5.39 Å². The number of fused-ring (bicyclic) bond motifs is 1. The number of benzene rings is 2. The lowest BCUT2D eigenvalue weighted by Gasteiger charge is -2.11. The second-order valence-electron chi connectivity index (χ2n) is 5.25. The number of amides is 1. The summed E-state index contributed by atoms with van der Waals surface area (Å²) in [5, 5.41) is 17.0. The summed E-state index contributed by atoms with van der Waals surface area (Å²) in [6.45, 7) is 1.79. The Morgan fingerprint density at radius 3 is 2.83 bits per heavy atom. The number of anilines is 1. The molecular formula is C17H15N3O3. The average molecular weight is 309 g/mol. The van der Waals surface area contributed by atoms with Gasteiger partial charge in [-0.15, -0.1) is 0 Å². The smallest absolute Gasteiger partial charge is 0.246 e. The fourth-order valence-corrected chi connectivity index (χ4v) is 2.36. The number of aryl methyl sites for hydroxylation is 1. The van der Waals surface area contributed by atoms with Crippen LogP contribution >= 0.6 is 0 Å². The largest absolute Gasteiger partial charge is 0.506 e. The maximum atomic E-state index is 12.2. The van der Waals surface area contributed by atoms with E-state index < -0.39 is 0 Å². The molecule has 23 heavy (non-hydrogen) atoms. The topological polar surface area (TPSA) is 84.2 Å². The maximum Gasteiger partial charge on any atom is 0.246 e.